The number of rotatable bonds is 3. The largest absolute Gasteiger partial charge is 0.352 e. The van der Waals surface area contributed by atoms with Gasteiger partial charge in [-0.15, -0.1) is 0 Å². The molecule has 2 rings (SSSR count). The number of anilines is 1. The van der Waals surface area contributed by atoms with E-state index in [1.54, 1.807) is 18.2 Å². The van der Waals surface area contributed by atoms with E-state index in [4.69, 9.17) is 23.2 Å². The van der Waals surface area contributed by atoms with Gasteiger partial charge in [-0.3, -0.25) is 19.4 Å². The maximum Gasteiger partial charge on any atom is 0.352 e. The Morgan fingerprint density at radius 2 is 1.95 bits per heavy atom. The molecule has 7 nitrogen and oxygen atoms in total. The third-order valence-electron chi connectivity index (χ3n) is 2.39. The lowest BCUT2D eigenvalue weighted by Crippen LogP contribution is -2.27. The lowest BCUT2D eigenvalue weighted by atomic mass is 10.4. The SMILES string of the molecule is CC(=O)Nc1cc(=O)[nH]n1C(=O)NSc1ccc(Cl)c(Cl)c1. The summed E-state index contributed by atoms with van der Waals surface area (Å²) in [6.07, 6.45) is 0. The molecular formula is C12H10Cl2N4O3S. The lowest BCUT2D eigenvalue weighted by Gasteiger charge is -2.08. The molecule has 0 saturated heterocycles. The quantitative estimate of drug-likeness (QED) is 0.733. The van der Waals surface area contributed by atoms with Gasteiger partial charge < -0.3 is 5.32 Å². The molecular weight excluding hydrogens is 351 g/mol. The van der Waals surface area contributed by atoms with E-state index < -0.39 is 17.5 Å². The van der Waals surface area contributed by atoms with Crippen LogP contribution in [0.15, 0.2) is 34.0 Å². The summed E-state index contributed by atoms with van der Waals surface area (Å²) in [5.74, 6) is -0.359. The number of benzene rings is 1. The Morgan fingerprint density at radius 3 is 2.59 bits per heavy atom. The smallest absolute Gasteiger partial charge is 0.311 e. The van der Waals surface area contributed by atoms with Crippen LogP contribution in [0.4, 0.5) is 10.6 Å². The van der Waals surface area contributed by atoms with E-state index in [1.807, 2.05) is 0 Å². The number of nitrogens with zero attached hydrogens (tertiary/aromatic N) is 1. The summed E-state index contributed by atoms with van der Waals surface area (Å²) in [5.41, 5.74) is -0.515. The molecule has 0 aliphatic heterocycles. The summed E-state index contributed by atoms with van der Waals surface area (Å²) in [5, 5.41) is 5.41. The van der Waals surface area contributed by atoms with E-state index in [-0.39, 0.29) is 5.82 Å². The second-order valence-corrected chi connectivity index (χ2v) is 5.80. The number of amides is 2. The maximum atomic E-state index is 12.0. The Bertz CT molecular complexity index is 787. The predicted molar refractivity (Wildman–Crippen MR) is 85.6 cm³/mol. The fraction of sp³-hybridized carbons (Fsp3) is 0.0833. The molecule has 0 unspecified atom stereocenters. The number of carbonyl (C=O) groups excluding carboxylic acids is 2. The highest BCUT2D eigenvalue weighted by molar-refractivity contribution is 7.98. The summed E-state index contributed by atoms with van der Waals surface area (Å²) >= 11 is 12.7. The molecule has 116 valence electrons. The minimum atomic E-state index is -0.637. The number of nitrogens with one attached hydrogen (secondary N) is 3. The van der Waals surface area contributed by atoms with Gasteiger partial charge in [0, 0.05) is 17.9 Å². The van der Waals surface area contributed by atoms with Crippen LogP contribution in [0.25, 0.3) is 0 Å². The van der Waals surface area contributed by atoms with Gasteiger partial charge in [-0.1, -0.05) is 23.2 Å². The third-order valence-corrected chi connectivity index (χ3v) is 3.89. The molecule has 0 aliphatic carbocycles. The van der Waals surface area contributed by atoms with E-state index in [0.717, 1.165) is 22.7 Å². The Balaban J connectivity index is 2.10. The Labute approximate surface area is 139 Å². The summed E-state index contributed by atoms with van der Waals surface area (Å²) < 4.78 is 3.40. The number of aromatic nitrogens is 2. The molecule has 0 spiro atoms. The van der Waals surface area contributed by atoms with Gasteiger partial charge in [-0.2, -0.15) is 4.68 Å². The average molecular weight is 361 g/mol. The highest BCUT2D eigenvalue weighted by Crippen LogP contribution is 2.26. The van der Waals surface area contributed by atoms with Crippen LogP contribution in [0.3, 0.4) is 0 Å². The molecule has 1 aromatic carbocycles. The third kappa shape index (κ3) is 4.06. The Hall–Kier alpha value is -1.90. The number of hydrogen-bond acceptors (Lipinski definition) is 4. The molecule has 2 amide bonds. The van der Waals surface area contributed by atoms with E-state index in [9.17, 15) is 14.4 Å². The summed E-state index contributed by atoms with van der Waals surface area (Å²) in [4.78, 5) is 35.0. The van der Waals surface area contributed by atoms with Crippen molar-refractivity contribution in [2.75, 3.05) is 5.32 Å². The standard InChI is InChI=1S/C12H10Cl2N4O3S/c1-6(19)15-10-5-11(20)16-18(10)12(21)17-22-7-2-3-8(13)9(14)4-7/h2-5H,1H3,(H,15,19)(H,16,20)(H,17,21). The second-order valence-electron chi connectivity index (χ2n) is 4.11. The molecule has 3 N–H and O–H groups in total. The molecule has 0 saturated carbocycles. The van der Waals surface area contributed by atoms with Gasteiger partial charge in [0.05, 0.1) is 10.0 Å². The van der Waals surface area contributed by atoms with E-state index in [2.05, 4.69) is 15.1 Å². The van der Waals surface area contributed by atoms with Crippen molar-refractivity contribution in [2.24, 2.45) is 0 Å². The lowest BCUT2D eigenvalue weighted by molar-refractivity contribution is -0.114. The number of halogens is 2. The number of hydrogen-bond donors (Lipinski definition) is 3. The van der Waals surface area contributed by atoms with Gasteiger partial charge in [-0.25, -0.2) is 4.79 Å². The van der Waals surface area contributed by atoms with Crippen molar-refractivity contribution >= 4 is 52.9 Å². The van der Waals surface area contributed by atoms with Crippen LogP contribution in [-0.4, -0.2) is 21.7 Å². The Morgan fingerprint density at radius 1 is 1.23 bits per heavy atom. The molecule has 0 radical (unpaired) electrons. The van der Waals surface area contributed by atoms with Gasteiger partial charge in [0.2, 0.25) is 5.91 Å². The van der Waals surface area contributed by atoms with Gasteiger partial charge in [0.25, 0.3) is 5.56 Å². The van der Waals surface area contributed by atoms with Gasteiger partial charge in [0.15, 0.2) is 0 Å². The van der Waals surface area contributed by atoms with E-state index in [1.165, 1.54) is 6.92 Å². The first kappa shape index (κ1) is 16.5. The van der Waals surface area contributed by atoms with Crippen molar-refractivity contribution in [3.05, 3.63) is 44.7 Å². The maximum absolute atomic E-state index is 12.0. The molecule has 0 bridgehead atoms. The topological polar surface area (TPSA) is 96.0 Å². The van der Waals surface area contributed by atoms with Crippen molar-refractivity contribution in [2.45, 2.75) is 11.8 Å². The van der Waals surface area contributed by atoms with Crippen molar-refractivity contribution in [1.29, 1.82) is 0 Å². The number of aromatic amines is 1. The van der Waals surface area contributed by atoms with E-state index in [0.29, 0.717) is 14.9 Å². The number of carbonyl (C=O) groups is 2. The van der Waals surface area contributed by atoms with Crippen LogP contribution in [-0.2, 0) is 4.79 Å². The minimum Gasteiger partial charge on any atom is -0.311 e. The van der Waals surface area contributed by atoms with Crippen LogP contribution in [0.2, 0.25) is 10.0 Å². The summed E-state index contributed by atoms with van der Waals surface area (Å²) in [6, 6.07) is 5.32. The number of H-pyrrole nitrogens is 1. The van der Waals surface area contributed by atoms with Gasteiger partial charge in [-0.05, 0) is 30.1 Å². The zero-order valence-corrected chi connectivity index (χ0v) is 13.5. The second kappa shape index (κ2) is 6.91. The first-order chi connectivity index (χ1) is 10.4. The van der Waals surface area contributed by atoms with Crippen molar-refractivity contribution in [3.63, 3.8) is 0 Å². The van der Waals surface area contributed by atoms with Crippen LogP contribution < -0.4 is 15.6 Å². The molecule has 1 heterocycles. The first-order valence-electron chi connectivity index (χ1n) is 5.88. The zero-order chi connectivity index (χ0) is 16.3. The first-order valence-corrected chi connectivity index (χ1v) is 7.46. The average Bonchev–Trinajstić information content (AvgIpc) is 2.79. The molecule has 0 fully saturated rings. The van der Waals surface area contributed by atoms with Crippen LogP contribution in [0, 0.1) is 0 Å². The monoisotopic (exact) mass is 360 g/mol. The van der Waals surface area contributed by atoms with Crippen LogP contribution >= 0.6 is 35.1 Å². The Kier molecular flexibility index (Phi) is 5.17. The molecule has 2 aromatic rings. The zero-order valence-electron chi connectivity index (χ0n) is 11.1. The molecule has 0 atom stereocenters. The molecule has 22 heavy (non-hydrogen) atoms. The highest BCUT2D eigenvalue weighted by Gasteiger charge is 2.13. The van der Waals surface area contributed by atoms with Crippen molar-refractivity contribution in [1.82, 2.24) is 14.5 Å². The van der Waals surface area contributed by atoms with Gasteiger partial charge in [0.1, 0.15) is 5.82 Å². The van der Waals surface area contributed by atoms with Gasteiger partial charge >= 0.3 is 6.03 Å². The van der Waals surface area contributed by atoms with Crippen LogP contribution in [0.5, 0.6) is 0 Å². The minimum absolute atomic E-state index is 0.0461. The normalized spacial score (nSPS) is 10.3. The van der Waals surface area contributed by atoms with Crippen molar-refractivity contribution in [3.8, 4) is 0 Å². The summed E-state index contributed by atoms with van der Waals surface area (Å²) in [7, 11) is 0. The highest BCUT2D eigenvalue weighted by atomic mass is 35.5. The van der Waals surface area contributed by atoms with E-state index >= 15 is 0 Å². The molecule has 10 heteroatoms. The molecule has 1 aromatic heterocycles. The molecule has 0 aliphatic rings. The predicted octanol–water partition coefficient (Wildman–Crippen LogP) is 2.71. The summed E-state index contributed by atoms with van der Waals surface area (Å²) in [6.45, 7) is 1.27. The fourth-order valence-corrected chi connectivity index (χ4v) is 2.48. The van der Waals surface area contributed by atoms with Crippen molar-refractivity contribution < 1.29 is 9.59 Å². The fourth-order valence-electron chi connectivity index (χ4n) is 1.51. The van der Waals surface area contributed by atoms with Crippen LogP contribution in [0.1, 0.15) is 6.92 Å².